The van der Waals surface area contributed by atoms with E-state index >= 15 is 0 Å². The van der Waals surface area contributed by atoms with Crippen LogP contribution >= 0.6 is 23.8 Å². The molecular weight excluding hydrogens is 296 g/mol. The lowest BCUT2D eigenvalue weighted by atomic mass is 10.2. The molecule has 1 aromatic carbocycles. The quantitative estimate of drug-likeness (QED) is 0.843. The van der Waals surface area contributed by atoms with Crippen LogP contribution in [0.15, 0.2) is 18.2 Å². The molecule has 1 aliphatic heterocycles. The molecule has 1 aromatic rings. The van der Waals surface area contributed by atoms with Gasteiger partial charge in [-0.2, -0.15) is 0 Å². The summed E-state index contributed by atoms with van der Waals surface area (Å²) in [4.78, 5) is 2.64. The average molecular weight is 315 g/mol. The Labute approximate surface area is 129 Å². The molecule has 0 spiro atoms. The highest BCUT2D eigenvalue weighted by Crippen LogP contribution is 2.23. The van der Waals surface area contributed by atoms with E-state index in [0.29, 0.717) is 22.9 Å². The van der Waals surface area contributed by atoms with E-state index in [4.69, 9.17) is 39.0 Å². The van der Waals surface area contributed by atoms with Crippen molar-refractivity contribution < 1.29 is 9.47 Å². The second-order valence-electron chi connectivity index (χ2n) is 4.70. The van der Waals surface area contributed by atoms with Crippen LogP contribution in [0.4, 0.5) is 0 Å². The van der Waals surface area contributed by atoms with E-state index in [0.717, 1.165) is 26.2 Å². The molecule has 0 bridgehead atoms. The monoisotopic (exact) mass is 314 g/mol. The zero-order chi connectivity index (χ0) is 14.5. The van der Waals surface area contributed by atoms with Crippen molar-refractivity contribution in [3.8, 4) is 5.75 Å². The maximum absolute atomic E-state index is 6.10. The van der Waals surface area contributed by atoms with Crippen LogP contribution in [0.2, 0.25) is 5.02 Å². The van der Waals surface area contributed by atoms with Crippen LogP contribution in [0.25, 0.3) is 0 Å². The van der Waals surface area contributed by atoms with Crippen LogP contribution in [-0.4, -0.2) is 48.8 Å². The van der Waals surface area contributed by atoms with E-state index in [1.165, 1.54) is 0 Å². The Morgan fingerprint density at radius 1 is 1.60 bits per heavy atom. The van der Waals surface area contributed by atoms with Gasteiger partial charge in [0.1, 0.15) is 23.4 Å². The van der Waals surface area contributed by atoms with Crippen molar-refractivity contribution in [1.29, 1.82) is 0 Å². The molecule has 4 nitrogen and oxygen atoms in total. The lowest BCUT2D eigenvalue weighted by Crippen LogP contribution is -2.44. The minimum atomic E-state index is 0.0951. The highest BCUT2D eigenvalue weighted by Gasteiger charge is 2.19. The third kappa shape index (κ3) is 4.06. The number of thiocarbonyl (C=S) groups is 1. The zero-order valence-electron chi connectivity index (χ0n) is 11.5. The molecule has 1 fully saturated rings. The predicted molar refractivity (Wildman–Crippen MR) is 84.7 cm³/mol. The second kappa shape index (κ2) is 7.22. The molecule has 0 aliphatic carbocycles. The Morgan fingerprint density at radius 3 is 3.05 bits per heavy atom. The first kappa shape index (κ1) is 15.5. The number of nitrogens with two attached hydrogens (primary N) is 1. The Hall–Kier alpha value is -0.880. The Bertz CT molecular complexity index is 484. The molecule has 0 radical (unpaired) electrons. The number of rotatable bonds is 5. The van der Waals surface area contributed by atoms with E-state index < -0.39 is 0 Å². The number of morpholine rings is 1. The summed E-state index contributed by atoms with van der Waals surface area (Å²) in [5.41, 5.74) is 6.23. The summed E-state index contributed by atoms with van der Waals surface area (Å²) >= 11 is 11.0. The van der Waals surface area contributed by atoms with E-state index in [2.05, 4.69) is 11.8 Å². The number of nitrogens with zero attached hydrogens (tertiary/aromatic N) is 1. The minimum Gasteiger partial charge on any atom is -0.491 e. The number of likely N-dealkylation sites (N-methyl/N-ethyl adjacent to an activating group) is 1. The molecule has 1 saturated heterocycles. The first-order chi connectivity index (χ1) is 9.60. The zero-order valence-corrected chi connectivity index (χ0v) is 13.0. The normalized spacial score (nSPS) is 19.8. The van der Waals surface area contributed by atoms with Gasteiger partial charge in [-0.3, -0.25) is 4.90 Å². The van der Waals surface area contributed by atoms with Crippen LogP contribution < -0.4 is 10.5 Å². The fraction of sp³-hybridized carbons (Fsp3) is 0.500. The fourth-order valence-electron chi connectivity index (χ4n) is 2.14. The predicted octanol–water partition coefficient (Wildman–Crippen LogP) is 2.07. The van der Waals surface area contributed by atoms with Gasteiger partial charge in [0.2, 0.25) is 0 Å². The summed E-state index contributed by atoms with van der Waals surface area (Å²) in [7, 11) is 0. The number of ether oxygens (including phenoxy) is 2. The van der Waals surface area contributed by atoms with Crippen molar-refractivity contribution in [2.75, 3.05) is 32.8 Å². The van der Waals surface area contributed by atoms with Gasteiger partial charge in [-0.15, -0.1) is 0 Å². The van der Waals surface area contributed by atoms with Gasteiger partial charge in [0.05, 0.1) is 11.6 Å². The molecule has 6 heteroatoms. The van der Waals surface area contributed by atoms with Gasteiger partial charge in [0, 0.05) is 18.7 Å². The van der Waals surface area contributed by atoms with E-state index in [-0.39, 0.29) is 11.1 Å². The lowest BCUT2D eigenvalue weighted by molar-refractivity contribution is -0.0464. The molecule has 0 aromatic heterocycles. The molecule has 2 rings (SSSR count). The van der Waals surface area contributed by atoms with Crippen molar-refractivity contribution in [2.45, 2.75) is 13.0 Å². The first-order valence-electron chi connectivity index (χ1n) is 6.66. The Morgan fingerprint density at radius 2 is 2.40 bits per heavy atom. The molecule has 1 aliphatic rings. The van der Waals surface area contributed by atoms with Crippen molar-refractivity contribution in [3.05, 3.63) is 28.8 Å². The van der Waals surface area contributed by atoms with Crippen LogP contribution in [-0.2, 0) is 4.74 Å². The maximum Gasteiger partial charge on any atom is 0.120 e. The van der Waals surface area contributed by atoms with E-state index in [1.54, 1.807) is 12.1 Å². The van der Waals surface area contributed by atoms with Gasteiger partial charge in [0.15, 0.2) is 0 Å². The number of hydrogen-bond acceptors (Lipinski definition) is 4. The van der Waals surface area contributed by atoms with Gasteiger partial charge >= 0.3 is 0 Å². The number of benzene rings is 1. The maximum atomic E-state index is 6.10. The van der Waals surface area contributed by atoms with Crippen LogP contribution in [0.5, 0.6) is 5.75 Å². The summed E-state index contributed by atoms with van der Waals surface area (Å²) in [6.45, 7) is 6.34. The van der Waals surface area contributed by atoms with Gasteiger partial charge in [0.25, 0.3) is 0 Å². The van der Waals surface area contributed by atoms with Crippen molar-refractivity contribution >= 4 is 28.8 Å². The second-order valence-corrected chi connectivity index (χ2v) is 5.55. The highest BCUT2D eigenvalue weighted by atomic mass is 35.5. The third-order valence-electron chi connectivity index (χ3n) is 3.31. The van der Waals surface area contributed by atoms with Crippen LogP contribution in [0.3, 0.4) is 0 Å². The van der Waals surface area contributed by atoms with Gasteiger partial charge < -0.3 is 15.2 Å². The summed E-state index contributed by atoms with van der Waals surface area (Å²) in [6.07, 6.45) is 0.0951. The summed E-state index contributed by atoms with van der Waals surface area (Å²) in [5.74, 6) is 0.701. The molecule has 1 heterocycles. The molecule has 0 saturated carbocycles. The van der Waals surface area contributed by atoms with Crippen molar-refractivity contribution in [2.24, 2.45) is 5.73 Å². The minimum absolute atomic E-state index is 0.0951. The molecule has 1 atom stereocenters. The van der Waals surface area contributed by atoms with Crippen molar-refractivity contribution in [3.63, 3.8) is 0 Å². The van der Waals surface area contributed by atoms with Gasteiger partial charge in [-0.05, 0) is 24.7 Å². The Balaban J connectivity index is 1.91. The fourth-order valence-corrected chi connectivity index (χ4v) is 2.65. The topological polar surface area (TPSA) is 47.7 Å². The van der Waals surface area contributed by atoms with Gasteiger partial charge in [-0.1, -0.05) is 30.7 Å². The van der Waals surface area contributed by atoms with E-state index in [9.17, 15) is 0 Å². The number of halogens is 1. The average Bonchev–Trinajstić information content (AvgIpc) is 2.45. The Kier molecular flexibility index (Phi) is 5.60. The summed E-state index contributed by atoms with van der Waals surface area (Å²) < 4.78 is 11.4. The number of hydrogen-bond donors (Lipinski definition) is 1. The molecule has 2 N–H and O–H groups in total. The van der Waals surface area contributed by atoms with Crippen LogP contribution in [0, 0.1) is 0 Å². The van der Waals surface area contributed by atoms with E-state index in [1.807, 2.05) is 6.07 Å². The smallest absolute Gasteiger partial charge is 0.120 e. The molecule has 20 heavy (non-hydrogen) atoms. The summed E-state index contributed by atoms with van der Waals surface area (Å²) in [5, 5.41) is 0.509. The van der Waals surface area contributed by atoms with Crippen molar-refractivity contribution in [1.82, 2.24) is 4.90 Å². The first-order valence-corrected chi connectivity index (χ1v) is 7.45. The standard InChI is InChI=1S/C14H19ClN2O2S/c1-2-17-5-6-18-11(8-17)9-19-10-3-4-12(14(16)20)13(15)7-10/h3-4,7,11H,2,5-6,8-9H2,1H3,(H2,16,20). The molecule has 110 valence electrons. The SMILES string of the molecule is CCN1CCOC(COc2ccc(C(N)=S)c(Cl)c2)C1. The van der Waals surface area contributed by atoms with Gasteiger partial charge in [-0.25, -0.2) is 0 Å². The molecule has 0 amide bonds. The van der Waals surface area contributed by atoms with Crippen LogP contribution in [0.1, 0.15) is 12.5 Å². The third-order valence-corrected chi connectivity index (χ3v) is 3.84. The molecule has 1 unspecified atom stereocenters. The largest absolute Gasteiger partial charge is 0.491 e. The highest BCUT2D eigenvalue weighted by molar-refractivity contribution is 7.80. The summed E-state index contributed by atoms with van der Waals surface area (Å²) in [6, 6.07) is 5.33. The lowest BCUT2D eigenvalue weighted by Gasteiger charge is -2.31. The molecular formula is C14H19ClN2O2S.